The van der Waals surface area contributed by atoms with E-state index in [4.69, 9.17) is 10.3 Å². The number of aromatic nitrogens is 2. The average Bonchev–Trinajstić information content (AvgIpc) is 2.47. The van der Waals surface area contributed by atoms with Crippen molar-refractivity contribution < 1.29 is 4.52 Å². The van der Waals surface area contributed by atoms with Gasteiger partial charge in [0.2, 0.25) is 5.89 Å². The van der Waals surface area contributed by atoms with Crippen molar-refractivity contribution in [3.63, 3.8) is 0 Å². The highest BCUT2D eigenvalue weighted by Crippen LogP contribution is 2.06. The minimum atomic E-state index is 0.190. The zero-order valence-electron chi connectivity index (χ0n) is 9.16. The van der Waals surface area contributed by atoms with Crippen LogP contribution in [0, 0.1) is 5.92 Å². The Kier molecular flexibility index (Phi) is 4.07. The molecule has 0 saturated carbocycles. The van der Waals surface area contributed by atoms with Crippen molar-refractivity contribution in [2.45, 2.75) is 46.1 Å². The van der Waals surface area contributed by atoms with E-state index < -0.39 is 0 Å². The van der Waals surface area contributed by atoms with Crippen LogP contribution in [-0.4, -0.2) is 16.2 Å². The van der Waals surface area contributed by atoms with E-state index >= 15 is 0 Å². The first-order valence-corrected chi connectivity index (χ1v) is 5.15. The van der Waals surface area contributed by atoms with Gasteiger partial charge in [0, 0.05) is 18.9 Å². The molecular formula is C10H19N3O. The molecule has 1 unspecified atom stereocenters. The lowest BCUT2D eigenvalue weighted by Crippen LogP contribution is -2.15. The number of nitrogens with two attached hydrogens (primary N) is 1. The Morgan fingerprint density at radius 1 is 1.36 bits per heavy atom. The van der Waals surface area contributed by atoms with E-state index in [2.05, 4.69) is 24.0 Å². The molecule has 0 fully saturated rings. The monoisotopic (exact) mass is 197 g/mol. The van der Waals surface area contributed by atoms with Crippen LogP contribution in [0.15, 0.2) is 4.52 Å². The van der Waals surface area contributed by atoms with Crippen molar-refractivity contribution >= 4 is 0 Å². The lowest BCUT2D eigenvalue weighted by Gasteiger charge is -1.99. The SMILES string of the molecule is CC(C)Cc1noc(CCC(C)N)n1. The van der Waals surface area contributed by atoms with Crippen molar-refractivity contribution in [3.8, 4) is 0 Å². The Balaban J connectivity index is 2.42. The van der Waals surface area contributed by atoms with Gasteiger partial charge in [-0.2, -0.15) is 4.98 Å². The Bertz CT molecular complexity index is 268. The van der Waals surface area contributed by atoms with Gasteiger partial charge < -0.3 is 10.3 Å². The van der Waals surface area contributed by atoms with E-state index in [1.807, 2.05) is 6.92 Å². The molecule has 4 heteroatoms. The summed E-state index contributed by atoms with van der Waals surface area (Å²) >= 11 is 0. The highest BCUT2D eigenvalue weighted by molar-refractivity contribution is 4.87. The van der Waals surface area contributed by atoms with Gasteiger partial charge in [-0.15, -0.1) is 0 Å². The van der Waals surface area contributed by atoms with Crippen LogP contribution < -0.4 is 5.73 Å². The third kappa shape index (κ3) is 3.87. The van der Waals surface area contributed by atoms with E-state index in [9.17, 15) is 0 Å². The van der Waals surface area contributed by atoms with Crippen LogP contribution in [0.4, 0.5) is 0 Å². The van der Waals surface area contributed by atoms with Gasteiger partial charge in [-0.3, -0.25) is 0 Å². The second kappa shape index (κ2) is 5.10. The van der Waals surface area contributed by atoms with Crippen molar-refractivity contribution in [2.24, 2.45) is 11.7 Å². The molecule has 0 aromatic carbocycles. The summed E-state index contributed by atoms with van der Waals surface area (Å²) in [7, 11) is 0. The van der Waals surface area contributed by atoms with Crippen LogP contribution in [-0.2, 0) is 12.8 Å². The maximum Gasteiger partial charge on any atom is 0.226 e. The molecule has 0 aliphatic carbocycles. The molecule has 0 bridgehead atoms. The average molecular weight is 197 g/mol. The first-order chi connectivity index (χ1) is 6.58. The number of aryl methyl sites for hydroxylation is 1. The highest BCUT2D eigenvalue weighted by Gasteiger charge is 2.08. The van der Waals surface area contributed by atoms with Gasteiger partial charge in [0.15, 0.2) is 5.82 Å². The Labute approximate surface area is 84.9 Å². The van der Waals surface area contributed by atoms with Gasteiger partial charge in [-0.1, -0.05) is 19.0 Å². The summed E-state index contributed by atoms with van der Waals surface area (Å²) in [6.07, 6.45) is 2.55. The van der Waals surface area contributed by atoms with Gasteiger partial charge in [0.1, 0.15) is 0 Å². The fraction of sp³-hybridized carbons (Fsp3) is 0.800. The smallest absolute Gasteiger partial charge is 0.226 e. The van der Waals surface area contributed by atoms with Crippen molar-refractivity contribution in [3.05, 3.63) is 11.7 Å². The topological polar surface area (TPSA) is 64.9 Å². The predicted octanol–water partition coefficient (Wildman–Crippen LogP) is 1.55. The minimum absolute atomic E-state index is 0.190. The van der Waals surface area contributed by atoms with Crippen LogP contribution in [0.2, 0.25) is 0 Å². The number of hydrogen-bond acceptors (Lipinski definition) is 4. The van der Waals surface area contributed by atoms with Crippen LogP contribution in [0.1, 0.15) is 38.9 Å². The first-order valence-electron chi connectivity index (χ1n) is 5.15. The highest BCUT2D eigenvalue weighted by atomic mass is 16.5. The summed E-state index contributed by atoms with van der Waals surface area (Å²) in [6.45, 7) is 6.25. The maximum absolute atomic E-state index is 5.64. The quantitative estimate of drug-likeness (QED) is 0.777. The van der Waals surface area contributed by atoms with E-state index in [0.29, 0.717) is 11.8 Å². The lowest BCUT2D eigenvalue weighted by molar-refractivity contribution is 0.365. The van der Waals surface area contributed by atoms with Gasteiger partial charge >= 0.3 is 0 Å². The molecule has 4 nitrogen and oxygen atoms in total. The third-order valence-electron chi connectivity index (χ3n) is 1.91. The molecule has 0 amide bonds. The number of nitrogens with zero attached hydrogens (tertiary/aromatic N) is 2. The molecule has 14 heavy (non-hydrogen) atoms. The molecule has 0 spiro atoms. The zero-order chi connectivity index (χ0) is 10.6. The van der Waals surface area contributed by atoms with Gasteiger partial charge in [0.05, 0.1) is 0 Å². The lowest BCUT2D eigenvalue weighted by atomic mass is 10.1. The van der Waals surface area contributed by atoms with Crippen LogP contribution in [0.5, 0.6) is 0 Å². The maximum atomic E-state index is 5.64. The summed E-state index contributed by atoms with van der Waals surface area (Å²) in [4.78, 5) is 4.29. The predicted molar refractivity (Wildman–Crippen MR) is 54.8 cm³/mol. The van der Waals surface area contributed by atoms with Crippen LogP contribution in [0.25, 0.3) is 0 Å². The molecule has 1 heterocycles. The second-order valence-corrected chi connectivity index (χ2v) is 4.22. The summed E-state index contributed by atoms with van der Waals surface area (Å²) in [5, 5.41) is 3.91. The molecule has 2 N–H and O–H groups in total. The van der Waals surface area contributed by atoms with Gasteiger partial charge in [-0.25, -0.2) is 0 Å². The normalized spacial score (nSPS) is 13.5. The van der Waals surface area contributed by atoms with E-state index in [0.717, 1.165) is 25.1 Å². The number of hydrogen-bond donors (Lipinski definition) is 1. The molecule has 80 valence electrons. The van der Waals surface area contributed by atoms with Crippen molar-refractivity contribution in [1.29, 1.82) is 0 Å². The Morgan fingerprint density at radius 2 is 2.07 bits per heavy atom. The summed E-state index contributed by atoms with van der Waals surface area (Å²) in [6, 6.07) is 0.190. The fourth-order valence-electron chi connectivity index (χ4n) is 1.19. The van der Waals surface area contributed by atoms with Gasteiger partial charge in [0.25, 0.3) is 0 Å². The van der Waals surface area contributed by atoms with Crippen molar-refractivity contribution in [2.75, 3.05) is 0 Å². The summed E-state index contributed by atoms with van der Waals surface area (Å²) in [5.74, 6) is 2.08. The molecule has 1 aromatic rings. The fourth-order valence-corrected chi connectivity index (χ4v) is 1.19. The molecule has 1 atom stereocenters. The van der Waals surface area contributed by atoms with Crippen LogP contribution in [0.3, 0.4) is 0 Å². The second-order valence-electron chi connectivity index (χ2n) is 4.22. The molecule has 0 saturated heterocycles. The van der Waals surface area contributed by atoms with Crippen LogP contribution >= 0.6 is 0 Å². The first kappa shape index (κ1) is 11.2. The van der Waals surface area contributed by atoms with Gasteiger partial charge in [-0.05, 0) is 19.3 Å². The molecule has 0 aliphatic heterocycles. The Morgan fingerprint density at radius 3 is 2.64 bits per heavy atom. The largest absolute Gasteiger partial charge is 0.339 e. The number of rotatable bonds is 5. The minimum Gasteiger partial charge on any atom is -0.339 e. The van der Waals surface area contributed by atoms with E-state index in [1.165, 1.54) is 0 Å². The van der Waals surface area contributed by atoms with E-state index in [-0.39, 0.29) is 6.04 Å². The molecule has 0 radical (unpaired) electrons. The molecule has 1 rings (SSSR count). The molecule has 1 aromatic heterocycles. The van der Waals surface area contributed by atoms with E-state index in [1.54, 1.807) is 0 Å². The molecule has 0 aliphatic rings. The summed E-state index contributed by atoms with van der Waals surface area (Å²) in [5.41, 5.74) is 5.64. The Hall–Kier alpha value is -0.900. The summed E-state index contributed by atoms with van der Waals surface area (Å²) < 4.78 is 5.10. The zero-order valence-corrected chi connectivity index (χ0v) is 9.16. The van der Waals surface area contributed by atoms with Crippen molar-refractivity contribution in [1.82, 2.24) is 10.1 Å². The molecular weight excluding hydrogens is 178 g/mol. The standard InChI is InChI=1S/C10H19N3O/c1-7(2)6-9-12-10(14-13-9)5-4-8(3)11/h7-8H,4-6,11H2,1-3H3. The third-order valence-corrected chi connectivity index (χ3v) is 1.91.